The van der Waals surface area contributed by atoms with Crippen molar-refractivity contribution in [3.05, 3.63) is 60.2 Å². The van der Waals surface area contributed by atoms with E-state index in [1.807, 2.05) is 18.2 Å². The number of ether oxygens (including phenoxy) is 1. The van der Waals surface area contributed by atoms with Gasteiger partial charge < -0.3 is 4.74 Å². The fourth-order valence-electron chi connectivity index (χ4n) is 1.85. The molecule has 0 heterocycles. The first kappa shape index (κ1) is 16.7. The number of halogens is 3. The van der Waals surface area contributed by atoms with Crippen LogP contribution in [0.15, 0.2) is 54.6 Å². The maximum atomic E-state index is 12.6. The van der Waals surface area contributed by atoms with Gasteiger partial charge in [0.2, 0.25) is 0 Å². The summed E-state index contributed by atoms with van der Waals surface area (Å²) in [6.45, 7) is -0.390. The van der Waals surface area contributed by atoms with E-state index in [2.05, 4.69) is 5.43 Å². The van der Waals surface area contributed by atoms with Crippen molar-refractivity contribution in [3.63, 3.8) is 0 Å². The van der Waals surface area contributed by atoms with Gasteiger partial charge in [0, 0.05) is 7.05 Å². The summed E-state index contributed by atoms with van der Waals surface area (Å²) in [5.41, 5.74) is 2.50. The van der Waals surface area contributed by atoms with Crippen LogP contribution in [-0.2, 0) is 11.0 Å². The molecule has 0 unspecified atom stereocenters. The number of alkyl halides is 3. The fourth-order valence-corrected chi connectivity index (χ4v) is 1.85. The largest absolute Gasteiger partial charge is 0.484 e. The smallest absolute Gasteiger partial charge is 0.416 e. The van der Waals surface area contributed by atoms with Gasteiger partial charge in [-0.2, -0.15) is 13.2 Å². The highest BCUT2D eigenvalue weighted by Crippen LogP contribution is 2.31. The zero-order chi connectivity index (χ0) is 16.9. The lowest BCUT2D eigenvalue weighted by atomic mass is 10.2. The lowest BCUT2D eigenvalue weighted by molar-refractivity contribution is -0.137. The fraction of sp³-hybridized carbons (Fsp3) is 0.188. The Labute approximate surface area is 131 Å². The number of hydrogen-bond acceptors (Lipinski definition) is 3. The number of benzene rings is 2. The lowest BCUT2D eigenvalue weighted by Gasteiger charge is -2.20. The van der Waals surface area contributed by atoms with E-state index >= 15 is 0 Å². The van der Waals surface area contributed by atoms with Crippen LogP contribution in [0.5, 0.6) is 5.75 Å². The summed E-state index contributed by atoms with van der Waals surface area (Å²) in [6.07, 6.45) is -4.45. The second-order valence-corrected chi connectivity index (χ2v) is 4.74. The van der Waals surface area contributed by atoms with Crippen LogP contribution in [0.2, 0.25) is 0 Å². The molecule has 4 nitrogen and oxygen atoms in total. The average molecular weight is 324 g/mol. The van der Waals surface area contributed by atoms with Crippen molar-refractivity contribution in [3.8, 4) is 5.75 Å². The van der Waals surface area contributed by atoms with Gasteiger partial charge >= 0.3 is 6.18 Å². The summed E-state index contributed by atoms with van der Waals surface area (Å²) >= 11 is 0. The van der Waals surface area contributed by atoms with Crippen LogP contribution < -0.4 is 15.2 Å². The molecule has 0 aliphatic rings. The highest BCUT2D eigenvalue weighted by molar-refractivity contribution is 5.79. The molecule has 0 bridgehead atoms. The predicted octanol–water partition coefficient (Wildman–Crippen LogP) is 3.25. The van der Waals surface area contributed by atoms with Crippen LogP contribution >= 0.6 is 0 Å². The SMILES string of the molecule is CN(NC(=O)COc1cccc(C(F)(F)F)c1)c1ccccc1. The third-order valence-electron chi connectivity index (χ3n) is 2.97. The third-order valence-corrected chi connectivity index (χ3v) is 2.97. The van der Waals surface area contributed by atoms with Gasteiger partial charge in [0.15, 0.2) is 6.61 Å². The Morgan fingerprint density at radius 2 is 1.83 bits per heavy atom. The van der Waals surface area contributed by atoms with E-state index < -0.39 is 24.3 Å². The summed E-state index contributed by atoms with van der Waals surface area (Å²) < 4.78 is 42.9. The lowest BCUT2D eigenvalue weighted by Crippen LogP contribution is -2.41. The van der Waals surface area contributed by atoms with Crippen molar-refractivity contribution in [2.24, 2.45) is 0 Å². The monoisotopic (exact) mass is 324 g/mol. The summed E-state index contributed by atoms with van der Waals surface area (Å²) in [5.74, 6) is -0.494. The number of nitrogens with zero attached hydrogens (tertiary/aromatic N) is 1. The van der Waals surface area contributed by atoms with Crippen molar-refractivity contribution >= 4 is 11.6 Å². The van der Waals surface area contributed by atoms with E-state index in [1.165, 1.54) is 17.1 Å². The van der Waals surface area contributed by atoms with Crippen LogP contribution in [0.1, 0.15) is 5.56 Å². The number of amides is 1. The number of nitrogens with one attached hydrogen (secondary N) is 1. The van der Waals surface area contributed by atoms with Gasteiger partial charge in [-0.3, -0.25) is 15.2 Å². The molecule has 0 aliphatic heterocycles. The molecule has 122 valence electrons. The Hall–Kier alpha value is -2.70. The molecule has 0 saturated heterocycles. The Morgan fingerprint density at radius 3 is 2.48 bits per heavy atom. The Morgan fingerprint density at radius 1 is 1.13 bits per heavy atom. The molecule has 0 radical (unpaired) electrons. The molecule has 0 aliphatic carbocycles. The molecule has 2 aromatic carbocycles. The molecule has 2 rings (SSSR count). The summed E-state index contributed by atoms with van der Waals surface area (Å²) in [7, 11) is 1.65. The molecule has 0 spiro atoms. The Balaban J connectivity index is 1.90. The minimum atomic E-state index is -4.45. The standard InChI is InChI=1S/C16H15F3N2O2/c1-21(13-7-3-2-4-8-13)20-15(22)11-23-14-9-5-6-12(10-14)16(17,18)19/h2-10H,11H2,1H3,(H,20,22). The van der Waals surface area contributed by atoms with Crippen molar-refractivity contribution in [1.29, 1.82) is 0 Å². The molecule has 0 saturated carbocycles. The zero-order valence-corrected chi connectivity index (χ0v) is 12.3. The van der Waals surface area contributed by atoms with Crippen molar-refractivity contribution in [2.75, 3.05) is 18.7 Å². The molecule has 1 amide bonds. The van der Waals surface area contributed by atoms with E-state index in [0.717, 1.165) is 17.8 Å². The number of rotatable bonds is 5. The number of hydrazine groups is 1. The highest BCUT2D eigenvalue weighted by Gasteiger charge is 2.30. The van der Waals surface area contributed by atoms with Crippen molar-refractivity contribution < 1.29 is 22.7 Å². The number of carbonyl (C=O) groups excluding carboxylic acids is 1. The van der Waals surface area contributed by atoms with Gasteiger partial charge in [-0.05, 0) is 30.3 Å². The topological polar surface area (TPSA) is 41.6 Å². The van der Waals surface area contributed by atoms with Crippen molar-refractivity contribution in [2.45, 2.75) is 6.18 Å². The van der Waals surface area contributed by atoms with E-state index in [1.54, 1.807) is 19.2 Å². The van der Waals surface area contributed by atoms with Gasteiger partial charge in [-0.25, -0.2) is 0 Å². The number of hydrogen-bond donors (Lipinski definition) is 1. The molecule has 1 N–H and O–H groups in total. The maximum Gasteiger partial charge on any atom is 0.416 e. The number of anilines is 1. The van der Waals surface area contributed by atoms with Crippen molar-refractivity contribution in [1.82, 2.24) is 5.43 Å². The number of para-hydroxylation sites is 1. The van der Waals surface area contributed by atoms with Crippen LogP contribution in [0, 0.1) is 0 Å². The van der Waals surface area contributed by atoms with E-state index in [0.29, 0.717) is 0 Å². The molecule has 2 aromatic rings. The van der Waals surface area contributed by atoms with Crippen LogP contribution in [0.4, 0.5) is 18.9 Å². The van der Waals surface area contributed by atoms with Gasteiger partial charge in [-0.15, -0.1) is 0 Å². The first-order chi connectivity index (χ1) is 10.9. The minimum absolute atomic E-state index is 0.0164. The molecule has 0 aromatic heterocycles. The second-order valence-electron chi connectivity index (χ2n) is 4.74. The third kappa shape index (κ3) is 4.91. The summed E-state index contributed by atoms with van der Waals surface area (Å²) in [6, 6.07) is 13.5. The van der Waals surface area contributed by atoms with Gasteiger partial charge in [0.1, 0.15) is 5.75 Å². The molecular formula is C16H15F3N2O2. The van der Waals surface area contributed by atoms with E-state index in [9.17, 15) is 18.0 Å². The first-order valence-electron chi connectivity index (χ1n) is 6.74. The first-order valence-corrected chi connectivity index (χ1v) is 6.74. The Kier molecular flexibility index (Phi) is 5.10. The van der Waals surface area contributed by atoms with Gasteiger partial charge in [0.25, 0.3) is 5.91 Å². The van der Waals surface area contributed by atoms with Gasteiger partial charge in [-0.1, -0.05) is 24.3 Å². The molecular weight excluding hydrogens is 309 g/mol. The molecule has 7 heteroatoms. The maximum absolute atomic E-state index is 12.6. The molecule has 0 atom stereocenters. The molecule has 0 fully saturated rings. The van der Waals surface area contributed by atoms with Gasteiger partial charge in [0.05, 0.1) is 11.3 Å². The van der Waals surface area contributed by atoms with Crippen LogP contribution in [0.25, 0.3) is 0 Å². The minimum Gasteiger partial charge on any atom is -0.484 e. The second kappa shape index (κ2) is 7.04. The predicted molar refractivity (Wildman–Crippen MR) is 79.9 cm³/mol. The zero-order valence-electron chi connectivity index (χ0n) is 12.3. The average Bonchev–Trinajstić information content (AvgIpc) is 2.53. The van der Waals surface area contributed by atoms with E-state index in [-0.39, 0.29) is 5.75 Å². The summed E-state index contributed by atoms with van der Waals surface area (Å²) in [4.78, 5) is 11.8. The van der Waals surface area contributed by atoms with Crippen LogP contribution in [0.3, 0.4) is 0 Å². The highest BCUT2D eigenvalue weighted by atomic mass is 19.4. The quantitative estimate of drug-likeness (QED) is 0.859. The Bertz CT molecular complexity index is 660. The summed E-state index contributed by atoms with van der Waals surface area (Å²) in [5, 5.41) is 1.50. The van der Waals surface area contributed by atoms with E-state index in [4.69, 9.17) is 4.74 Å². The van der Waals surface area contributed by atoms with Crippen LogP contribution in [-0.4, -0.2) is 19.6 Å². The normalized spacial score (nSPS) is 11.0. The number of carbonyl (C=O) groups is 1. The molecule has 23 heavy (non-hydrogen) atoms.